The quantitative estimate of drug-likeness (QED) is 0.515. The Balaban J connectivity index is 2.71. The smallest absolute Gasteiger partial charge is 0.338 e. The molecule has 1 aromatic carbocycles. The normalized spacial score (nSPS) is 13.6. The largest absolute Gasteiger partial charge is 0.457 e. The van der Waals surface area contributed by atoms with E-state index in [1.54, 1.807) is 12.1 Å². The molecule has 0 saturated carbocycles. The Bertz CT molecular complexity index is 547. The second-order valence-electron chi connectivity index (χ2n) is 6.22. The summed E-state index contributed by atoms with van der Waals surface area (Å²) in [6, 6.07) is 7.14. The number of hydrogen-bond acceptors (Lipinski definition) is 4. The third-order valence-corrected chi connectivity index (χ3v) is 6.73. The van der Waals surface area contributed by atoms with Crippen molar-refractivity contribution in [2.45, 2.75) is 52.6 Å². The van der Waals surface area contributed by atoms with E-state index in [0.29, 0.717) is 17.1 Å². The number of hydrogen-bond donors (Lipinski definition) is 0. The van der Waals surface area contributed by atoms with Crippen LogP contribution in [0, 0.1) is 6.92 Å². The summed E-state index contributed by atoms with van der Waals surface area (Å²) < 4.78 is 29.9. The minimum atomic E-state index is -1.06. The molecule has 4 nitrogen and oxygen atoms in total. The minimum absolute atomic E-state index is 0.259. The minimum Gasteiger partial charge on any atom is -0.457 e. The Hall–Kier alpha value is -1.01. The van der Waals surface area contributed by atoms with Gasteiger partial charge >= 0.3 is 5.97 Å². The maximum absolute atomic E-state index is 12.3. The lowest BCUT2D eigenvalue weighted by molar-refractivity contribution is 0.0391. The molecule has 142 valence electrons. The average molecular weight is 387 g/mol. The van der Waals surface area contributed by atoms with Crippen LogP contribution in [0.1, 0.15) is 55.5 Å². The van der Waals surface area contributed by atoms with Gasteiger partial charge in [-0.2, -0.15) is 0 Å². The first-order valence-corrected chi connectivity index (χ1v) is 11.9. The average Bonchev–Trinajstić information content (AvgIpc) is 2.58. The molecule has 0 aliphatic heterocycles. The summed E-state index contributed by atoms with van der Waals surface area (Å²) in [4.78, 5) is 12.3. The predicted octanol–water partition coefficient (Wildman–Crippen LogP) is 3.62. The van der Waals surface area contributed by atoms with Crippen molar-refractivity contribution in [3.05, 3.63) is 35.4 Å². The molecule has 0 aromatic heterocycles. The van der Waals surface area contributed by atoms with Crippen LogP contribution in [0.4, 0.5) is 0 Å². The van der Waals surface area contributed by atoms with Crippen LogP contribution in [0.25, 0.3) is 0 Å². The lowest BCUT2D eigenvalue weighted by Crippen LogP contribution is -2.31. The van der Waals surface area contributed by atoms with Crippen LogP contribution in [0.5, 0.6) is 0 Å². The first-order valence-electron chi connectivity index (χ1n) is 8.93. The highest BCUT2D eigenvalue weighted by Crippen LogP contribution is 2.10. The van der Waals surface area contributed by atoms with Crippen molar-refractivity contribution in [2.75, 3.05) is 23.0 Å². The molecule has 0 fully saturated rings. The van der Waals surface area contributed by atoms with E-state index in [9.17, 15) is 13.2 Å². The van der Waals surface area contributed by atoms with E-state index < -0.39 is 33.7 Å². The van der Waals surface area contributed by atoms with E-state index in [1.165, 1.54) is 0 Å². The molecule has 0 amide bonds. The molecule has 25 heavy (non-hydrogen) atoms. The zero-order chi connectivity index (χ0) is 18.7. The number of aryl methyl sites for hydroxylation is 1. The van der Waals surface area contributed by atoms with E-state index in [2.05, 4.69) is 0 Å². The van der Waals surface area contributed by atoms with Crippen molar-refractivity contribution in [3.63, 3.8) is 0 Å². The molecule has 1 rings (SSSR count). The van der Waals surface area contributed by atoms with Crippen molar-refractivity contribution < 1.29 is 17.9 Å². The maximum atomic E-state index is 12.3. The molecule has 0 radical (unpaired) electrons. The van der Waals surface area contributed by atoms with Gasteiger partial charge in [0.15, 0.2) is 0 Å². The molecule has 6 heteroatoms. The number of unbranched alkanes of at least 4 members (excludes halogenated alkanes) is 2. The predicted molar refractivity (Wildman–Crippen MR) is 106 cm³/mol. The van der Waals surface area contributed by atoms with Crippen LogP contribution >= 0.6 is 0 Å². The molecule has 0 aliphatic rings. The fourth-order valence-corrected chi connectivity index (χ4v) is 5.12. The van der Waals surface area contributed by atoms with Gasteiger partial charge in [0.1, 0.15) is 6.10 Å². The fraction of sp³-hybridized carbons (Fsp3) is 0.632. The Morgan fingerprint density at radius 2 is 1.44 bits per heavy atom. The van der Waals surface area contributed by atoms with Gasteiger partial charge in [-0.25, -0.2) is 4.79 Å². The topological polar surface area (TPSA) is 60.4 Å². The van der Waals surface area contributed by atoms with Crippen molar-refractivity contribution in [1.82, 2.24) is 0 Å². The van der Waals surface area contributed by atoms with E-state index in [0.717, 1.165) is 31.2 Å². The molecule has 0 heterocycles. The third-order valence-electron chi connectivity index (χ3n) is 3.76. The summed E-state index contributed by atoms with van der Waals surface area (Å²) in [5.74, 6) is 1.27. The molecule has 0 unspecified atom stereocenters. The highest BCUT2D eigenvalue weighted by Gasteiger charge is 2.21. The van der Waals surface area contributed by atoms with Gasteiger partial charge in [-0.3, -0.25) is 8.42 Å². The number of carbonyl (C=O) groups is 1. The Labute approximate surface area is 156 Å². The number of rotatable bonds is 12. The van der Waals surface area contributed by atoms with Gasteiger partial charge in [0.2, 0.25) is 0 Å². The first-order chi connectivity index (χ1) is 12.0. The third kappa shape index (κ3) is 9.31. The Morgan fingerprint density at radius 3 is 1.88 bits per heavy atom. The fourth-order valence-electron chi connectivity index (χ4n) is 2.22. The Kier molecular flexibility index (Phi) is 10.9. The summed E-state index contributed by atoms with van der Waals surface area (Å²) in [7, 11) is -2.12. The highest BCUT2D eigenvalue weighted by molar-refractivity contribution is 7.86. The molecule has 0 saturated heterocycles. The molecular weight excluding hydrogens is 356 g/mol. The summed E-state index contributed by atoms with van der Waals surface area (Å²) in [5, 5.41) is 0. The molecular formula is C19H30O4S2. The number of esters is 1. The van der Waals surface area contributed by atoms with Gasteiger partial charge in [-0.15, -0.1) is 0 Å². The first kappa shape index (κ1) is 22.0. The van der Waals surface area contributed by atoms with Gasteiger partial charge in [-0.05, 0) is 31.9 Å². The van der Waals surface area contributed by atoms with Crippen LogP contribution in [-0.4, -0.2) is 43.5 Å². The number of benzene rings is 1. The highest BCUT2D eigenvalue weighted by atomic mass is 32.2. The summed E-state index contributed by atoms with van der Waals surface area (Å²) in [6.45, 7) is 6.05. The molecule has 0 bridgehead atoms. The van der Waals surface area contributed by atoms with Crippen molar-refractivity contribution in [2.24, 2.45) is 0 Å². The van der Waals surface area contributed by atoms with Crippen molar-refractivity contribution >= 4 is 27.6 Å². The standard InChI is InChI=1S/C19H30O4S2/c1-4-6-12-24(21)14-18(15-25(22)13-7-5-2)23-19(20)17-10-8-16(3)9-11-17/h8-11,18H,4-7,12-15H2,1-3H3/t24-,25-/m0/s1. The van der Waals surface area contributed by atoms with Crippen LogP contribution in [0.3, 0.4) is 0 Å². The van der Waals surface area contributed by atoms with E-state index in [-0.39, 0.29) is 11.5 Å². The monoisotopic (exact) mass is 386 g/mol. The van der Waals surface area contributed by atoms with Gasteiger partial charge in [0.25, 0.3) is 0 Å². The van der Waals surface area contributed by atoms with Crippen LogP contribution in [0.2, 0.25) is 0 Å². The molecule has 2 atom stereocenters. The molecule has 1 aromatic rings. The zero-order valence-electron chi connectivity index (χ0n) is 15.5. The van der Waals surface area contributed by atoms with E-state index in [4.69, 9.17) is 4.74 Å². The van der Waals surface area contributed by atoms with Crippen LogP contribution in [0.15, 0.2) is 24.3 Å². The summed E-state index contributed by atoms with van der Waals surface area (Å²) in [6.07, 6.45) is 3.14. The van der Waals surface area contributed by atoms with E-state index >= 15 is 0 Å². The molecule has 0 N–H and O–H groups in total. The lowest BCUT2D eigenvalue weighted by atomic mass is 10.1. The second kappa shape index (κ2) is 12.4. The van der Waals surface area contributed by atoms with Crippen LogP contribution < -0.4 is 0 Å². The number of carbonyl (C=O) groups excluding carboxylic acids is 1. The maximum Gasteiger partial charge on any atom is 0.338 e. The SMILES string of the molecule is CCCC[S@](=O)CC(C[S@@](=O)CCCC)OC(=O)c1ccc(C)cc1. The van der Waals surface area contributed by atoms with Gasteiger partial charge < -0.3 is 4.74 Å². The van der Waals surface area contributed by atoms with E-state index in [1.807, 2.05) is 32.9 Å². The van der Waals surface area contributed by atoms with Crippen molar-refractivity contribution in [3.8, 4) is 0 Å². The summed E-state index contributed by atoms with van der Waals surface area (Å²) in [5.41, 5.74) is 1.53. The second-order valence-corrected chi connectivity index (χ2v) is 9.46. The van der Waals surface area contributed by atoms with Crippen molar-refractivity contribution in [1.29, 1.82) is 0 Å². The summed E-state index contributed by atoms with van der Waals surface area (Å²) >= 11 is 0. The lowest BCUT2D eigenvalue weighted by Gasteiger charge is -2.17. The molecule has 0 aliphatic carbocycles. The molecule has 0 spiro atoms. The van der Waals surface area contributed by atoms with Gasteiger partial charge in [-0.1, -0.05) is 44.4 Å². The zero-order valence-corrected chi connectivity index (χ0v) is 17.1. The number of ether oxygens (including phenoxy) is 1. The van der Waals surface area contributed by atoms with Crippen LogP contribution in [-0.2, 0) is 26.3 Å². The van der Waals surface area contributed by atoms with Gasteiger partial charge in [0, 0.05) is 33.1 Å². The Morgan fingerprint density at radius 1 is 0.960 bits per heavy atom. The van der Waals surface area contributed by atoms with Gasteiger partial charge in [0.05, 0.1) is 17.1 Å².